The number of ether oxygens (including phenoxy) is 1. The van der Waals surface area contributed by atoms with Gasteiger partial charge in [-0.2, -0.15) is 0 Å². The van der Waals surface area contributed by atoms with Gasteiger partial charge < -0.3 is 19.4 Å². The van der Waals surface area contributed by atoms with Crippen molar-refractivity contribution < 1.29 is 28.0 Å². The van der Waals surface area contributed by atoms with Crippen LogP contribution in [-0.4, -0.2) is 44.5 Å². The third-order valence-electron chi connectivity index (χ3n) is 4.78. The summed E-state index contributed by atoms with van der Waals surface area (Å²) in [5.74, 6) is -0.997. The molecule has 2 aromatic carbocycles. The smallest absolute Gasteiger partial charge is 0.279 e. The normalized spacial score (nSPS) is 14.9. The molecule has 1 saturated heterocycles. The lowest BCUT2D eigenvalue weighted by Gasteiger charge is -2.23. The zero-order chi connectivity index (χ0) is 19.5. The van der Waals surface area contributed by atoms with Gasteiger partial charge in [-0.15, -0.1) is 0 Å². The Morgan fingerprint density at radius 2 is 1.75 bits per heavy atom. The van der Waals surface area contributed by atoms with Gasteiger partial charge in [0.25, 0.3) is 5.91 Å². The number of ketones is 1. The predicted molar refractivity (Wildman–Crippen MR) is 101 cm³/mol. The van der Waals surface area contributed by atoms with E-state index >= 15 is 0 Å². The Balaban J connectivity index is 1.64. The van der Waals surface area contributed by atoms with E-state index in [9.17, 15) is 14.0 Å². The van der Waals surface area contributed by atoms with Crippen LogP contribution in [0.15, 0.2) is 52.9 Å². The predicted octanol–water partition coefficient (Wildman–Crippen LogP) is 1.66. The van der Waals surface area contributed by atoms with Crippen molar-refractivity contribution in [1.29, 1.82) is 0 Å². The molecule has 1 aromatic heterocycles. The van der Waals surface area contributed by atoms with Crippen LogP contribution in [0, 0.1) is 5.82 Å². The molecule has 0 unspecified atom stereocenters. The molecule has 0 radical (unpaired) electrons. The summed E-state index contributed by atoms with van der Waals surface area (Å²) < 4.78 is 24.3. The molecule has 4 rings (SSSR count). The molecule has 0 atom stereocenters. The van der Waals surface area contributed by atoms with E-state index in [1.165, 1.54) is 24.3 Å². The van der Waals surface area contributed by atoms with Crippen molar-refractivity contribution in [3.05, 3.63) is 65.7 Å². The molecule has 6 nitrogen and oxygen atoms in total. The second-order valence-electron chi connectivity index (χ2n) is 6.73. The second kappa shape index (κ2) is 7.92. The Kier molecular flexibility index (Phi) is 5.18. The Hall–Kier alpha value is -3.03. The molecule has 144 valence electrons. The van der Waals surface area contributed by atoms with E-state index < -0.39 is 11.6 Å². The fraction of sp³-hybridized carbons (Fsp3) is 0.238. The number of quaternary nitrogens is 1. The number of para-hydroxylation sites is 1. The lowest BCUT2D eigenvalue weighted by atomic mass is 10.1. The summed E-state index contributed by atoms with van der Waals surface area (Å²) in [5, 5.41) is 3.50. The van der Waals surface area contributed by atoms with Crippen molar-refractivity contribution >= 4 is 28.3 Å². The lowest BCUT2D eigenvalue weighted by Crippen LogP contribution is -3.15. The molecule has 0 aliphatic carbocycles. The Morgan fingerprint density at radius 1 is 1.04 bits per heavy atom. The lowest BCUT2D eigenvalue weighted by molar-refractivity contribution is -0.899. The van der Waals surface area contributed by atoms with Crippen LogP contribution in [0.1, 0.15) is 16.1 Å². The molecular weight excluding hydrogens is 363 g/mol. The fourth-order valence-electron chi connectivity index (χ4n) is 3.31. The van der Waals surface area contributed by atoms with Crippen molar-refractivity contribution in [3.63, 3.8) is 0 Å². The molecule has 0 saturated carbocycles. The van der Waals surface area contributed by atoms with Crippen LogP contribution in [0.3, 0.4) is 0 Å². The Bertz CT molecular complexity index is 1010. The number of hydrogen-bond donors (Lipinski definition) is 2. The molecule has 28 heavy (non-hydrogen) atoms. The number of hydrogen-bond acceptors (Lipinski definition) is 4. The summed E-state index contributed by atoms with van der Waals surface area (Å²) in [6.45, 7) is 3.08. The molecule has 7 heteroatoms. The molecule has 1 fully saturated rings. The van der Waals surface area contributed by atoms with Crippen LogP contribution in [-0.2, 0) is 9.53 Å². The second-order valence-corrected chi connectivity index (χ2v) is 6.73. The van der Waals surface area contributed by atoms with Gasteiger partial charge in [-0.1, -0.05) is 12.1 Å². The molecule has 1 amide bonds. The van der Waals surface area contributed by atoms with Crippen LogP contribution in [0.2, 0.25) is 0 Å². The summed E-state index contributed by atoms with van der Waals surface area (Å²) in [6, 6.07) is 12.4. The number of carbonyl (C=O) groups excluding carboxylic acids is 2. The third kappa shape index (κ3) is 3.81. The topological polar surface area (TPSA) is 73.0 Å². The molecule has 2 N–H and O–H groups in total. The quantitative estimate of drug-likeness (QED) is 0.658. The molecule has 1 aliphatic rings. The van der Waals surface area contributed by atoms with Crippen molar-refractivity contribution in [1.82, 2.24) is 0 Å². The van der Waals surface area contributed by atoms with Crippen LogP contribution in [0.25, 0.3) is 11.0 Å². The summed E-state index contributed by atoms with van der Waals surface area (Å²) in [4.78, 5) is 26.7. The van der Waals surface area contributed by atoms with Crippen LogP contribution in [0.5, 0.6) is 0 Å². The minimum absolute atomic E-state index is 0.0399. The van der Waals surface area contributed by atoms with Crippen LogP contribution in [0.4, 0.5) is 10.1 Å². The number of halogens is 1. The van der Waals surface area contributed by atoms with Crippen LogP contribution < -0.4 is 10.2 Å². The highest BCUT2D eigenvalue weighted by Crippen LogP contribution is 2.32. The van der Waals surface area contributed by atoms with Crippen molar-refractivity contribution in [2.24, 2.45) is 0 Å². The Morgan fingerprint density at radius 3 is 2.50 bits per heavy atom. The van der Waals surface area contributed by atoms with Gasteiger partial charge in [-0.25, -0.2) is 4.39 Å². The van der Waals surface area contributed by atoms with Crippen molar-refractivity contribution in [2.75, 3.05) is 38.2 Å². The molecule has 3 aromatic rings. The number of fused-ring (bicyclic) bond motifs is 1. The average molecular weight is 383 g/mol. The number of morpholine rings is 1. The zero-order valence-corrected chi connectivity index (χ0v) is 15.2. The van der Waals surface area contributed by atoms with Gasteiger partial charge in [0.05, 0.1) is 18.9 Å². The highest BCUT2D eigenvalue weighted by molar-refractivity contribution is 6.17. The number of furan rings is 1. The summed E-state index contributed by atoms with van der Waals surface area (Å²) in [5.41, 5.74) is 1.14. The van der Waals surface area contributed by atoms with E-state index in [1.807, 2.05) is 6.07 Å². The fourth-order valence-corrected chi connectivity index (χ4v) is 3.31. The summed E-state index contributed by atoms with van der Waals surface area (Å²) in [7, 11) is 0. The first-order valence-corrected chi connectivity index (χ1v) is 9.15. The maximum Gasteiger partial charge on any atom is 0.279 e. The highest BCUT2D eigenvalue weighted by atomic mass is 19.1. The van der Waals surface area contributed by atoms with Crippen LogP contribution >= 0.6 is 0 Å². The average Bonchev–Trinajstić information content (AvgIpc) is 3.07. The molecule has 2 heterocycles. The number of anilines is 1. The standard InChI is InChI=1S/C21H19FN2O4/c22-15-7-5-14(6-8-15)20(26)21-19(16-3-1-2-4-17(16)28-21)23-18(25)13-24-9-11-27-12-10-24/h1-8H,9-13H2,(H,23,25)/p+1. The van der Waals surface area contributed by atoms with Gasteiger partial charge in [0, 0.05) is 10.9 Å². The van der Waals surface area contributed by atoms with Gasteiger partial charge >= 0.3 is 0 Å². The van der Waals surface area contributed by atoms with E-state index in [0.717, 1.165) is 18.0 Å². The van der Waals surface area contributed by atoms with E-state index in [0.29, 0.717) is 29.9 Å². The van der Waals surface area contributed by atoms with E-state index in [2.05, 4.69) is 5.32 Å². The minimum atomic E-state index is -0.428. The van der Waals surface area contributed by atoms with Crippen molar-refractivity contribution in [2.45, 2.75) is 0 Å². The number of carbonyl (C=O) groups is 2. The summed E-state index contributed by atoms with van der Waals surface area (Å²) >= 11 is 0. The number of amides is 1. The summed E-state index contributed by atoms with van der Waals surface area (Å²) in [6.07, 6.45) is 0. The van der Waals surface area contributed by atoms with Gasteiger partial charge in [-0.05, 0) is 36.4 Å². The number of nitrogens with one attached hydrogen (secondary N) is 2. The maximum absolute atomic E-state index is 13.2. The highest BCUT2D eigenvalue weighted by Gasteiger charge is 2.25. The zero-order valence-electron chi connectivity index (χ0n) is 15.2. The number of benzene rings is 2. The maximum atomic E-state index is 13.2. The molecular formula is C21H20FN2O4+. The van der Waals surface area contributed by atoms with Crippen molar-refractivity contribution in [3.8, 4) is 0 Å². The Labute approximate surface area is 160 Å². The monoisotopic (exact) mass is 383 g/mol. The first kappa shape index (κ1) is 18.3. The number of rotatable bonds is 5. The SMILES string of the molecule is O=C(C[NH+]1CCOCC1)Nc1c(C(=O)c2ccc(F)cc2)oc2ccccc12. The van der Waals surface area contributed by atoms with Gasteiger partial charge in [0.1, 0.15) is 24.5 Å². The van der Waals surface area contributed by atoms with Gasteiger partial charge in [0.15, 0.2) is 12.3 Å². The molecule has 0 bridgehead atoms. The molecule has 1 aliphatic heterocycles. The first-order chi connectivity index (χ1) is 13.6. The largest absolute Gasteiger partial charge is 0.450 e. The van der Waals surface area contributed by atoms with E-state index in [1.54, 1.807) is 18.2 Å². The molecule has 0 spiro atoms. The van der Waals surface area contributed by atoms with E-state index in [4.69, 9.17) is 9.15 Å². The van der Waals surface area contributed by atoms with E-state index in [-0.39, 0.29) is 23.8 Å². The first-order valence-electron chi connectivity index (χ1n) is 9.15. The van der Waals surface area contributed by atoms with Gasteiger partial charge in [0.2, 0.25) is 5.78 Å². The van der Waals surface area contributed by atoms with Gasteiger partial charge in [-0.3, -0.25) is 9.59 Å². The third-order valence-corrected chi connectivity index (χ3v) is 4.78. The minimum Gasteiger partial charge on any atom is -0.450 e.